The Kier molecular flexibility index (Phi) is 8.63. The number of amides is 1. The standard InChI is InChI=1S/C24H32N8O.C2H6/c1-30-23-19(8-9-20(28-23)32-13-4-2-3-5-14-32)21(29-30)18-16-26-22(27-17-18)24(33)25-10-15-31-11-6-7-12-31;1-2/h8-9,16-17H,2-7,10-15H2,1H3,(H,25,33);1-2H3. The zero-order chi connectivity index (χ0) is 24.6. The van der Waals surface area contributed by atoms with Crippen molar-refractivity contribution in [3.63, 3.8) is 0 Å². The van der Waals surface area contributed by atoms with E-state index in [1.165, 1.54) is 38.5 Å². The van der Waals surface area contributed by atoms with Gasteiger partial charge >= 0.3 is 0 Å². The van der Waals surface area contributed by atoms with Crippen LogP contribution in [-0.2, 0) is 7.05 Å². The lowest BCUT2D eigenvalue weighted by atomic mass is 10.1. The zero-order valence-electron chi connectivity index (χ0n) is 21.3. The smallest absolute Gasteiger partial charge is 0.289 e. The molecule has 9 heteroatoms. The highest BCUT2D eigenvalue weighted by atomic mass is 16.2. The Morgan fingerprint density at radius 1 is 0.943 bits per heavy atom. The van der Waals surface area contributed by atoms with E-state index in [0.29, 0.717) is 6.54 Å². The van der Waals surface area contributed by atoms with Gasteiger partial charge < -0.3 is 15.1 Å². The van der Waals surface area contributed by atoms with Gasteiger partial charge in [0.15, 0.2) is 5.65 Å². The first-order valence-corrected chi connectivity index (χ1v) is 13.1. The highest BCUT2D eigenvalue weighted by molar-refractivity contribution is 5.93. The van der Waals surface area contributed by atoms with E-state index in [0.717, 1.165) is 60.8 Å². The summed E-state index contributed by atoms with van der Waals surface area (Å²) in [5, 5.41) is 8.56. The Hall–Kier alpha value is -3.07. The minimum absolute atomic E-state index is 0.182. The molecule has 0 radical (unpaired) electrons. The van der Waals surface area contributed by atoms with Crippen molar-refractivity contribution in [3.05, 3.63) is 30.4 Å². The van der Waals surface area contributed by atoms with Crippen molar-refractivity contribution < 1.29 is 4.79 Å². The highest BCUT2D eigenvalue weighted by Gasteiger charge is 2.18. The first kappa shape index (κ1) is 25.0. The molecule has 0 aliphatic carbocycles. The molecule has 1 amide bonds. The molecule has 35 heavy (non-hydrogen) atoms. The number of aromatic nitrogens is 5. The van der Waals surface area contributed by atoms with Crippen LogP contribution in [0.2, 0.25) is 0 Å². The van der Waals surface area contributed by atoms with E-state index in [-0.39, 0.29) is 11.7 Å². The molecule has 5 rings (SSSR count). The predicted octanol–water partition coefficient (Wildman–Crippen LogP) is 3.66. The van der Waals surface area contributed by atoms with Crippen LogP contribution in [0.1, 0.15) is 63.0 Å². The maximum Gasteiger partial charge on any atom is 0.289 e. The Bertz CT molecular complexity index is 1100. The fourth-order valence-corrected chi connectivity index (χ4v) is 4.79. The van der Waals surface area contributed by atoms with Gasteiger partial charge in [0.1, 0.15) is 11.5 Å². The lowest BCUT2D eigenvalue weighted by molar-refractivity contribution is 0.0939. The van der Waals surface area contributed by atoms with Crippen LogP contribution >= 0.6 is 0 Å². The molecule has 9 nitrogen and oxygen atoms in total. The molecule has 0 aromatic carbocycles. The third kappa shape index (κ3) is 5.96. The van der Waals surface area contributed by atoms with Crippen molar-refractivity contribution in [2.24, 2.45) is 7.05 Å². The Morgan fingerprint density at radius 3 is 2.29 bits per heavy atom. The van der Waals surface area contributed by atoms with E-state index in [1.807, 2.05) is 25.6 Å². The molecule has 188 valence electrons. The molecule has 5 heterocycles. The number of likely N-dealkylation sites (tertiary alicyclic amines) is 1. The van der Waals surface area contributed by atoms with Crippen molar-refractivity contribution >= 4 is 22.8 Å². The van der Waals surface area contributed by atoms with Gasteiger partial charge in [-0.1, -0.05) is 26.7 Å². The van der Waals surface area contributed by atoms with Crippen molar-refractivity contribution in [2.75, 3.05) is 44.2 Å². The molecule has 2 fully saturated rings. The summed E-state index contributed by atoms with van der Waals surface area (Å²) in [5.41, 5.74) is 2.40. The number of carbonyl (C=O) groups excluding carboxylic acids is 1. The Balaban J connectivity index is 0.00000141. The highest BCUT2D eigenvalue weighted by Crippen LogP contribution is 2.28. The third-order valence-corrected chi connectivity index (χ3v) is 6.64. The average molecular weight is 479 g/mol. The van der Waals surface area contributed by atoms with Gasteiger partial charge in [-0.15, -0.1) is 0 Å². The summed E-state index contributed by atoms with van der Waals surface area (Å²) >= 11 is 0. The molecule has 0 bridgehead atoms. The number of nitrogens with one attached hydrogen (secondary N) is 1. The lowest BCUT2D eigenvalue weighted by Gasteiger charge is -2.21. The molecule has 3 aromatic heterocycles. The second-order valence-electron chi connectivity index (χ2n) is 9.01. The van der Waals surface area contributed by atoms with Crippen LogP contribution < -0.4 is 10.2 Å². The molecule has 0 spiro atoms. The SMILES string of the molecule is CC.Cn1nc(-c2cnc(C(=O)NCCN3CCCC3)nc2)c2ccc(N3CCCCCC3)nc21. The van der Waals surface area contributed by atoms with Gasteiger partial charge in [-0.3, -0.25) is 4.79 Å². The van der Waals surface area contributed by atoms with Crippen molar-refractivity contribution in [1.29, 1.82) is 0 Å². The minimum Gasteiger partial charge on any atom is -0.357 e. The molecule has 2 aliphatic rings. The van der Waals surface area contributed by atoms with Crippen LogP contribution in [0.15, 0.2) is 24.5 Å². The molecule has 2 aliphatic heterocycles. The van der Waals surface area contributed by atoms with Gasteiger partial charge in [-0.25, -0.2) is 19.6 Å². The van der Waals surface area contributed by atoms with E-state index < -0.39 is 0 Å². The largest absolute Gasteiger partial charge is 0.357 e. The maximum absolute atomic E-state index is 12.4. The van der Waals surface area contributed by atoms with Crippen LogP contribution in [0.25, 0.3) is 22.3 Å². The second-order valence-corrected chi connectivity index (χ2v) is 9.01. The van der Waals surface area contributed by atoms with Gasteiger partial charge in [-0.05, 0) is 50.9 Å². The van der Waals surface area contributed by atoms with Crippen LogP contribution in [0.5, 0.6) is 0 Å². The summed E-state index contributed by atoms with van der Waals surface area (Å²) in [6.07, 6.45) is 10.9. The quantitative estimate of drug-likeness (QED) is 0.578. The number of aryl methyl sites for hydroxylation is 1. The maximum atomic E-state index is 12.4. The number of hydrogen-bond donors (Lipinski definition) is 1. The monoisotopic (exact) mass is 478 g/mol. The number of carbonyl (C=O) groups is 1. The van der Waals surface area contributed by atoms with E-state index in [2.05, 4.69) is 42.3 Å². The van der Waals surface area contributed by atoms with Crippen LogP contribution in [0, 0.1) is 0 Å². The molecule has 1 N–H and O–H groups in total. The fourth-order valence-electron chi connectivity index (χ4n) is 4.79. The summed E-state index contributed by atoms with van der Waals surface area (Å²) in [4.78, 5) is 30.7. The number of hydrogen-bond acceptors (Lipinski definition) is 7. The van der Waals surface area contributed by atoms with Crippen LogP contribution in [-0.4, -0.2) is 74.8 Å². The summed E-state index contributed by atoms with van der Waals surface area (Å²) in [5.74, 6) is 0.952. The zero-order valence-corrected chi connectivity index (χ0v) is 21.3. The van der Waals surface area contributed by atoms with Gasteiger partial charge in [-0.2, -0.15) is 5.10 Å². The minimum atomic E-state index is -0.240. The molecule has 0 saturated carbocycles. The number of anilines is 1. The van der Waals surface area contributed by atoms with Crippen LogP contribution in [0.4, 0.5) is 5.82 Å². The average Bonchev–Trinajstić information content (AvgIpc) is 3.44. The molecule has 2 saturated heterocycles. The van der Waals surface area contributed by atoms with Gasteiger partial charge in [0.05, 0.1) is 0 Å². The predicted molar refractivity (Wildman–Crippen MR) is 140 cm³/mol. The normalized spacial score (nSPS) is 16.6. The molecule has 0 atom stereocenters. The number of nitrogens with zero attached hydrogens (tertiary/aromatic N) is 7. The fraction of sp³-hybridized carbons (Fsp3) is 0.577. The summed E-state index contributed by atoms with van der Waals surface area (Å²) in [7, 11) is 1.91. The van der Waals surface area contributed by atoms with Crippen LogP contribution in [0.3, 0.4) is 0 Å². The first-order chi connectivity index (χ1) is 17.2. The second kappa shape index (κ2) is 12.1. The molecular formula is C26H38N8O. The number of pyridine rings is 1. The molecular weight excluding hydrogens is 440 g/mol. The van der Waals surface area contributed by atoms with E-state index in [9.17, 15) is 4.79 Å². The van der Waals surface area contributed by atoms with E-state index >= 15 is 0 Å². The van der Waals surface area contributed by atoms with Crippen molar-refractivity contribution in [2.45, 2.75) is 52.4 Å². The summed E-state index contributed by atoms with van der Waals surface area (Å²) in [6, 6.07) is 4.17. The van der Waals surface area contributed by atoms with Crippen molar-refractivity contribution in [3.8, 4) is 11.3 Å². The molecule has 3 aromatic rings. The van der Waals surface area contributed by atoms with E-state index in [4.69, 9.17) is 4.98 Å². The number of fused-ring (bicyclic) bond motifs is 1. The van der Waals surface area contributed by atoms with Crippen molar-refractivity contribution in [1.82, 2.24) is 34.9 Å². The Labute approximate surface area is 208 Å². The van der Waals surface area contributed by atoms with Gasteiger partial charge in [0.25, 0.3) is 5.91 Å². The lowest BCUT2D eigenvalue weighted by Crippen LogP contribution is -2.34. The summed E-state index contributed by atoms with van der Waals surface area (Å²) in [6.45, 7) is 9.83. The Morgan fingerprint density at radius 2 is 1.60 bits per heavy atom. The topological polar surface area (TPSA) is 92.1 Å². The van der Waals surface area contributed by atoms with Gasteiger partial charge in [0.2, 0.25) is 5.82 Å². The molecule has 0 unspecified atom stereocenters. The summed E-state index contributed by atoms with van der Waals surface area (Å²) < 4.78 is 1.81. The van der Waals surface area contributed by atoms with E-state index in [1.54, 1.807) is 12.4 Å². The third-order valence-electron chi connectivity index (χ3n) is 6.64. The van der Waals surface area contributed by atoms with Gasteiger partial charge in [0, 0.05) is 56.6 Å². The first-order valence-electron chi connectivity index (χ1n) is 13.1. The number of rotatable bonds is 6.